The Kier molecular flexibility index (Phi) is 5.12. The Morgan fingerprint density at radius 1 is 1.20 bits per heavy atom. The maximum Gasteiger partial charge on any atom is 0.260 e. The summed E-state index contributed by atoms with van der Waals surface area (Å²) in [5.74, 6) is 0.614. The van der Waals surface area contributed by atoms with E-state index < -0.39 is 0 Å². The molecule has 0 saturated carbocycles. The third-order valence-electron chi connectivity index (χ3n) is 2.77. The maximum atomic E-state index is 12.0. The molecule has 0 fully saturated rings. The summed E-state index contributed by atoms with van der Waals surface area (Å²) in [6.07, 6.45) is 3.43. The molecular weight excluding hydrogens is 320 g/mol. The third kappa shape index (κ3) is 4.35. The first kappa shape index (κ1) is 14.5. The first-order valence-electron chi connectivity index (χ1n) is 6.16. The van der Waals surface area contributed by atoms with Gasteiger partial charge < -0.3 is 9.64 Å². The summed E-state index contributed by atoms with van der Waals surface area (Å²) in [7, 11) is 1.76. The summed E-state index contributed by atoms with van der Waals surface area (Å²) in [5.41, 5.74) is 1.04. The molecule has 4 nitrogen and oxygen atoms in total. The number of aromatic nitrogens is 1. The van der Waals surface area contributed by atoms with Gasteiger partial charge in [-0.3, -0.25) is 9.78 Å². The number of carbonyl (C=O) groups excluding carboxylic acids is 1. The normalized spacial score (nSPS) is 10.1. The molecule has 0 atom stereocenters. The van der Waals surface area contributed by atoms with Gasteiger partial charge in [-0.25, -0.2) is 0 Å². The molecule has 2 rings (SSSR count). The van der Waals surface area contributed by atoms with E-state index in [1.807, 2.05) is 36.4 Å². The van der Waals surface area contributed by atoms with Crippen LogP contribution in [0.2, 0.25) is 0 Å². The van der Waals surface area contributed by atoms with Crippen LogP contribution < -0.4 is 4.74 Å². The lowest BCUT2D eigenvalue weighted by molar-refractivity contribution is -0.132. The van der Waals surface area contributed by atoms with E-state index in [9.17, 15) is 4.79 Å². The van der Waals surface area contributed by atoms with Crippen molar-refractivity contribution in [1.82, 2.24) is 9.88 Å². The zero-order chi connectivity index (χ0) is 14.4. The SMILES string of the molecule is CN(Cc1ccncc1)C(=O)COc1ccc(Br)cc1. The van der Waals surface area contributed by atoms with Crippen LogP contribution in [0.15, 0.2) is 53.3 Å². The molecule has 1 heterocycles. The highest BCUT2D eigenvalue weighted by atomic mass is 79.9. The average Bonchev–Trinajstić information content (AvgIpc) is 2.47. The van der Waals surface area contributed by atoms with E-state index in [1.54, 1.807) is 24.3 Å². The maximum absolute atomic E-state index is 12.0. The molecule has 0 spiro atoms. The molecule has 0 aliphatic heterocycles. The zero-order valence-corrected chi connectivity index (χ0v) is 12.7. The number of hydrogen-bond acceptors (Lipinski definition) is 3. The van der Waals surface area contributed by atoms with Gasteiger partial charge in [-0.15, -0.1) is 0 Å². The van der Waals surface area contributed by atoms with Crippen molar-refractivity contribution in [3.8, 4) is 5.75 Å². The number of likely N-dealkylation sites (N-methyl/N-ethyl adjacent to an activating group) is 1. The highest BCUT2D eigenvalue weighted by molar-refractivity contribution is 9.10. The summed E-state index contributed by atoms with van der Waals surface area (Å²) < 4.78 is 6.43. The van der Waals surface area contributed by atoms with Crippen molar-refractivity contribution in [1.29, 1.82) is 0 Å². The van der Waals surface area contributed by atoms with Crippen molar-refractivity contribution in [2.75, 3.05) is 13.7 Å². The number of benzene rings is 1. The quantitative estimate of drug-likeness (QED) is 0.844. The number of nitrogens with zero attached hydrogens (tertiary/aromatic N) is 2. The van der Waals surface area contributed by atoms with E-state index in [-0.39, 0.29) is 12.5 Å². The lowest BCUT2D eigenvalue weighted by Crippen LogP contribution is -2.30. The summed E-state index contributed by atoms with van der Waals surface area (Å²) in [5, 5.41) is 0. The van der Waals surface area contributed by atoms with Gasteiger partial charge in [-0.05, 0) is 42.0 Å². The fraction of sp³-hybridized carbons (Fsp3) is 0.200. The van der Waals surface area contributed by atoms with Crippen molar-refractivity contribution in [2.24, 2.45) is 0 Å². The fourth-order valence-corrected chi connectivity index (χ4v) is 1.90. The van der Waals surface area contributed by atoms with Crippen LogP contribution in [0, 0.1) is 0 Å². The first-order valence-corrected chi connectivity index (χ1v) is 6.95. The van der Waals surface area contributed by atoms with Gasteiger partial charge >= 0.3 is 0 Å². The standard InChI is InChI=1S/C15H15BrN2O2/c1-18(10-12-6-8-17-9-7-12)15(19)11-20-14-4-2-13(16)3-5-14/h2-9H,10-11H2,1H3. The number of hydrogen-bond donors (Lipinski definition) is 0. The van der Waals surface area contributed by atoms with Gasteiger partial charge in [0.1, 0.15) is 5.75 Å². The van der Waals surface area contributed by atoms with Gasteiger partial charge in [-0.2, -0.15) is 0 Å². The second-order valence-corrected chi connectivity index (χ2v) is 5.26. The molecule has 0 N–H and O–H groups in total. The van der Waals surface area contributed by atoms with Crippen LogP contribution in [0.5, 0.6) is 5.75 Å². The monoisotopic (exact) mass is 334 g/mol. The van der Waals surface area contributed by atoms with Crippen molar-refractivity contribution < 1.29 is 9.53 Å². The molecule has 20 heavy (non-hydrogen) atoms. The zero-order valence-electron chi connectivity index (χ0n) is 11.1. The predicted molar refractivity (Wildman–Crippen MR) is 80.3 cm³/mol. The number of halogens is 1. The highest BCUT2D eigenvalue weighted by Crippen LogP contribution is 2.16. The minimum atomic E-state index is -0.0651. The minimum absolute atomic E-state index is 0.0310. The lowest BCUT2D eigenvalue weighted by atomic mass is 10.2. The molecular formula is C15H15BrN2O2. The van der Waals surface area contributed by atoms with Gasteiger partial charge in [-0.1, -0.05) is 15.9 Å². The Morgan fingerprint density at radius 2 is 1.85 bits per heavy atom. The third-order valence-corrected chi connectivity index (χ3v) is 3.30. The lowest BCUT2D eigenvalue weighted by Gasteiger charge is -2.17. The summed E-state index contributed by atoms with van der Waals surface area (Å²) in [6, 6.07) is 11.2. The summed E-state index contributed by atoms with van der Waals surface area (Å²) in [4.78, 5) is 17.5. The Hall–Kier alpha value is -1.88. The topological polar surface area (TPSA) is 42.4 Å². The molecule has 0 saturated heterocycles. The van der Waals surface area contributed by atoms with E-state index in [1.165, 1.54) is 0 Å². The van der Waals surface area contributed by atoms with E-state index in [2.05, 4.69) is 20.9 Å². The molecule has 1 amide bonds. The van der Waals surface area contributed by atoms with E-state index in [4.69, 9.17) is 4.74 Å². The molecule has 2 aromatic rings. The summed E-state index contributed by atoms with van der Waals surface area (Å²) in [6.45, 7) is 0.578. The Labute approximate surface area is 126 Å². The van der Waals surface area contributed by atoms with Crippen LogP contribution in [-0.4, -0.2) is 29.4 Å². The second kappa shape index (κ2) is 7.05. The van der Waals surface area contributed by atoms with E-state index >= 15 is 0 Å². The van der Waals surface area contributed by atoms with Crippen molar-refractivity contribution in [3.63, 3.8) is 0 Å². The van der Waals surface area contributed by atoms with Crippen LogP contribution in [0.3, 0.4) is 0 Å². The number of rotatable bonds is 5. The van der Waals surface area contributed by atoms with Gasteiger partial charge in [0.05, 0.1) is 0 Å². The van der Waals surface area contributed by atoms with Crippen molar-refractivity contribution in [3.05, 3.63) is 58.8 Å². The number of amides is 1. The molecule has 5 heteroatoms. The smallest absolute Gasteiger partial charge is 0.260 e. The predicted octanol–water partition coefficient (Wildman–Crippen LogP) is 2.88. The van der Waals surface area contributed by atoms with Crippen LogP contribution in [0.1, 0.15) is 5.56 Å². The van der Waals surface area contributed by atoms with Gasteiger partial charge in [0, 0.05) is 30.5 Å². The number of pyridine rings is 1. The summed E-state index contributed by atoms with van der Waals surface area (Å²) >= 11 is 3.35. The second-order valence-electron chi connectivity index (χ2n) is 4.35. The Morgan fingerprint density at radius 3 is 2.50 bits per heavy atom. The molecule has 1 aromatic heterocycles. The van der Waals surface area contributed by atoms with Crippen molar-refractivity contribution >= 4 is 21.8 Å². The van der Waals surface area contributed by atoms with Gasteiger partial charge in [0.15, 0.2) is 6.61 Å². The van der Waals surface area contributed by atoms with Gasteiger partial charge in [0.25, 0.3) is 5.91 Å². The van der Waals surface area contributed by atoms with E-state index in [0.717, 1.165) is 10.0 Å². The molecule has 1 aromatic carbocycles. The molecule has 0 bridgehead atoms. The van der Waals surface area contributed by atoms with Crippen LogP contribution in [-0.2, 0) is 11.3 Å². The van der Waals surface area contributed by atoms with E-state index in [0.29, 0.717) is 12.3 Å². The molecule has 0 unspecified atom stereocenters. The number of ether oxygens (including phenoxy) is 1. The fourth-order valence-electron chi connectivity index (χ4n) is 1.64. The number of carbonyl (C=O) groups is 1. The highest BCUT2D eigenvalue weighted by Gasteiger charge is 2.10. The Bertz CT molecular complexity index is 558. The van der Waals surface area contributed by atoms with Crippen molar-refractivity contribution in [2.45, 2.75) is 6.54 Å². The molecule has 0 radical (unpaired) electrons. The molecule has 104 valence electrons. The van der Waals surface area contributed by atoms with Crippen LogP contribution in [0.4, 0.5) is 0 Å². The average molecular weight is 335 g/mol. The molecule has 0 aliphatic carbocycles. The first-order chi connectivity index (χ1) is 9.65. The van der Waals surface area contributed by atoms with Crippen LogP contribution >= 0.6 is 15.9 Å². The van der Waals surface area contributed by atoms with Gasteiger partial charge in [0.2, 0.25) is 0 Å². The minimum Gasteiger partial charge on any atom is -0.484 e. The largest absolute Gasteiger partial charge is 0.484 e. The molecule has 0 aliphatic rings. The Balaban J connectivity index is 1.83. The van der Waals surface area contributed by atoms with Crippen LogP contribution in [0.25, 0.3) is 0 Å².